The molecule has 0 saturated heterocycles. The van der Waals surface area contributed by atoms with Gasteiger partial charge in [-0.15, -0.1) is 0 Å². The van der Waals surface area contributed by atoms with Gasteiger partial charge in [0, 0.05) is 0 Å². The summed E-state index contributed by atoms with van der Waals surface area (Å²) in [7, 11) is 0. The first-order chi connectivity index (χ1) is 10.8. The van der Waals surface area contributed by atoms with Gasteiger partial charge in [-0.2, -0.15) is 0 Å². The lowest BCUT2D eigenvalue weighted by atomic mass is 9.96. The van der Waals surface area contributed by atoms with Crippen LogP contribution in [0.5, 0.6) is 5.75 Å². The Balaban J connectivity index is 1.57. The molecule has 0 radical (unpaired) electrons. The number of ether oxygens (including phenoxy) is 1. The average molecular weight is 299 g/mol. The molecule has 2 aromatic carbocycles. The summed E-state index contributed by atoms with van der Waals surface area (Å²) in [4.78, 5) is 0. The van der Waals surface area contributed by atoms with E-state index >= 15 is 0 Å². The van der Waals surface area contributed by atoms with Gasteiger partial charge in [0.05, 0.1) is 6.61 Å². The summed E-state index contributed by atoms with van der Waals surface area (Å²) in [6.07, 6.45) is 4.37. The van der Waals surface area contributed by atoms with E-state index in [2.05, 4.69) is 12.1 Å². The molecule has 3 heteroatoms. The molecule has 0 heterocycles. The smallest absolute Gasteiger partial charge is 0.123 e. The summed E-state index contributed by atoms with van der Waals surface area (Å²) in [5.74, 6) is 0.844. The van der Waals surface area contributed by atoms with Gasteiger partial charge in [-0.1, -0.05) is 18.2 Å². The van der Waals surface area contributed by atoms with Crippen molar-refractivity contribution in [2.45, 2.75) is 31.6 Å². The van der Waals surface area contributed by atoms with Crippen molar-refractivity contribution in [2.75, 3.05) is 13.2 Å². The standard InChI is InChI=1S/C19H22FNO/c20-18-6-2-5-15(11-18)17(13-21)9-10-22-19-8-7-14-3-1-4-16(14)12-19/h2,5-8,11-12,17H,1,3-4,9-10,13,21H2. The molecule has 0 fully saturated rings. The molecule has 1 atom stereocenters. The number of nitrogens with two attached hydrogens (primary N) is 1. The number of aryl methyl sites for hydroxylation is 2. The van der Waals surface area contributed by atoms with Crippen LogP contribution in [0.4, 0.5) is 4.39 Å². The molecule has 0 amide bonds. The second kappa shape index (κ2) is 6.93. The van der Waals surface area contributed by atoms with Crippen molar-refractivity contribution < 1.29 is 9.13 Å². The molecule has 1 aliphatic rings. The van der Waals surface area contributed by atoms with Crippen LogP contribution in [0.15, 0.2) is 42.5 Å². The molecule has 0 spiro atoms. The highest BCUT2D eigenvalue weighted by molar-refractivity contribution is 5.38. The van der Waals surface area contributed by atoms with E-state index in [0.29, 0.717) is 13.2 Å². The van der Waals surface area contributed by atoms with Gasteiger partial charge in [-0.05, 0) is 79.1 Å². The lowest BCUT2D eigenvalue weighted by Crippen LogP contribution is -2.15. The molecule has 0 aliphatic heterocycles. The summed E-state index contributed by atoms with van der Waals surface area (Å²) < 4.78 is 19.2. The summed E-state index contributed by atoms with van der Waals surface area (Å²) in [5.41, 5.74) is 9.64. The zero-order chi connectivity index (χ0) is 15.4. The predicted octanol–water partition coefficient (Wildman–Crippen LogP) is 3.83. The topological polar surface area (TPSA) is 35.2 Å². The van der Waals surface area contributed by atoms with Gasteiger partial charge in [0.25, 0.3) is 0 Å². The van der Waals surface area contributed by atoms with Crippen LogP contribution in [0.3, 0.4) is 0 Å². The zero-order valence-corrected chi connectivity index (χ0v) is 12.7. The van der Waals surface area contributed by atoms with Crippen LogP contribution >= 0.6 is 0 Å². The Kier molecular flexibility index (Phi) is 4.74. The number of hydrogen-bond acceptors (Lipinski definition) is 2. The van der Waals surface area contributed by atoms with E-state index in [1.54, 1.807) is 12.1 Å². The van der Waals surface area contributed by atoms with Gasteiger partial charge in [0.2, 0.25) is 0 Å². The predicted molar refractivity (Wildman–Crippen MR) is 86.8 cm³/mol. The number of hydrogen-bond donors (Lipinski definition) is 1. The molecule has 2 aromatic rings. The molecule has 3 rings (SSSR count). The van der Waals surface area contributed by atoms with Crippen LogP contribution in [0.25, 0.3) is 0 Å². The van der Waals surface area contributed by atoms with Gasteiger partial charge in [-0.25, -0.2) is 4.39 Å². The SMILES string of the molecule is NCC(CCOc1ccc2c(c1)CCC2)c1cccc(F)c1. The van der Waals surface area contributed by atoms with Crippen LogP contribution in [0.2, 0.25) is 0 Å². The molecule has 116 valence electrons. The first kappa shape index (κ1) is 15.0. The van der Waals surface area contributed by atoms with Crippen molar-refractivity contribution >= 4 is 0 Å². The van der Waals surface area contributed by atoms with Gasteiger partial charge in [-0.3, -0.25) is 0 Å². The van der Waals surface area contributed by atoms with Gasteiger partial charge >= 0.3 is 0 Å². The van der Waals surface area contributed by atoms with Crippen molar-refractivity contribution in [2.24, 2.45) is 5.73 Å². The minimum absolute atomic E-state index is 0.130. The summed E-state index contributed by atoms with van der Waals surface area (Å²) in [6, 6.07) is 13.0. The van der Waals surface area contributed by atoms with E-state index in [9.17, 15) is 4.39 Å². The fourth-order valence-corrected chi connectivity index (χ4v) is 3.14. The van der Waals surface area contributed by atoms with Crippen molar-refractivity contribution in [1.29, 1.82) is 0 Å². The molecule has 2 N–H and O–H groups in total. The summed E-state index contributed by atoms with van der Waals surface area (Å²) in [5, 5.41) is 0. The van der Waals surface area contributed by atoms with Crippen LogP contribution in [0.1, 0.15) is 35.4 Å². The monoisotopic (exact) mass is 299 g/mol. The third-order valence-corrected chi connectivity index (χ3v) is 4.41. The molecule has 22 heavy (non-hydrogen) atoms. The zero-order valence-electron chi connectivity index (χ0n) is 12.7. The Labute approximate surface area is 131 Å². The lowest BCUT2D eigenvalue weighted by molar-refractivity contribution is 0.298. The van der Waals surface area contributed by atoms with Gasteiger partial charge < -0.3 is 10.5 Å². The van der Waals surface area contributed by atoms with E-state index in [4.69, 9.17) is 10.5 Å². The molecule has 0 aromatic heterocycles. The van der Waals surface area contributed by atoms with Gasteiger partial charge in [0.15, 0.2) is 0 Å². The number of halogens is 1. The molecule has 2 nitrogen and oxygen atoms in total. The van der Waals surface area contributed by atoms with E-state index in [1.807, 2.05) is 12.1 Å². The molecule has 1 unspecified atom stereocenters. The first-order valence-corrected chi connectivity index (χ1v) is 7.96. The van der Waals surface area contributed by atoms with Gasteiger partial charge in [0.1, 0.15) is 11.6 Å². The Morgan fingerprint density at radius 2 is 1.95 bits per heavy atom. The highest BCUT2D eigenvalue weighted by atomic mass is 19.1. The normalized spacial score (nSPS) is 14.6. The highest BCUT2D eigenvalue weighted by Gasteiger charge is 2.13. The molecule has 0 saturated carbocycles. The third kappa shape index (κ3) is 3.47. The Morgan fingerprint density at radius 3 is 2.77 bits per heavy atom. The molecular formula is C19H22FNO. The van der Waals surface area contributed by atoms with E-state index in [0.717, 1.165) is 24.2 Å². The largest absolute Gasteiger partial charge is 0.494 e. The van der Waals surface area contributed by atoms with Crippen molar-refractivity contribution in [1.82, 2.24) is 0 Å². The second-order valence-electron chi connectivity index (χ2n) is 5.91. The maximum Gasteiger partial charge on any atom is 0.123 e. The van der Waals surface area contributed by atoms with E-state index in [1.165, 1.54) is 30.0 Å². The number of fused-ring (bicyclic) bond motifs is 1. The number of benzene rings is 2. The minimum Gasteiger partial charge on any atom is -0.494 e. The lowest BCUT2D eigenvalue weighted by Gasteiger charge is -2.16. The van der Waals surface area contributed by atoms with Crippen LogP contribution < -0.4 is 10.5 Å². The Morgan fingerprint density at radius 1 is 1.09 bits per heavy atom. The molecular weight excluding hydrogens is 277 g/mol. The fourth-order valence-electron chi connectivity index (χ4n) is 3.14. The quantitative estimate of drug-likeness (QED) is 0.880. The summed E-state index contributed by atoms with van der Waals surface area (Å²) >= 11 is 0. The maximum atomic E-state index is 13.3. The minimum atomic E-state index is -0.213. The first-order valence-electron chi connectivity index (χ1n) is 7.96. The maximum absolute atomic E-state index is 13.3. The van der Waals surface area contributed by atoms with E-state index in [-0.39, 0.29) is 11.7 Å². The fraction of sp³-hybridized carbons (Fsp3) is 0.368. The van der Waals surface area contributed by atoms with Crippen LogP contribution in [-0.2, 0) is 12.8 Å². The summed E-state index contributed by atoms with van der Waals surface area (Å²) in [6.45, 7) is 1.09. The van der Waals surface area contributed by atoms with E-state index < -0.39 is 0 Å². The van der Waals surface area contributed by atoms with Crippen molar-refractivity contribution in [3.8, 4) is 5.75 Å². The number of rotatable bonds is 6. The third-order valence-electron chi connectivity index (χ3n) is 4.41. The highest BCUT2D eigenvalue weighted by Crippen LogP contribution is 2.26. The van der Waals surface area contributed by atoms with Crippen LogP contribution in [0, 0.1) is 5.82 Å². The molecule has 0 bridgehead atoms. The Bertz CT molecular complexity index is 641. The molecule has 1 aliphatic carbocycles. The average Bonchev–Trinajstić information content (AvgIpc) is 2.99. The second-order valence-corrected chi connectivity index (χ2v) is 5.91. The van der Waals surface area contributed by atoms with Crippen molar-refractivity contribution in [3.63, 3.8) is 0 Å². The van der Waals surface area contributed by atoms with Crippen molar-refractivity contribution in [3.05, 3.63) is 65.0 Å². The van der Waals surface area contributed by atoms with Crippen LogP contribution in [-0.4, -0.2) is 13.2 Å². The Hall–Kier alpha value is -1.87.